The van der Waals surface area contributed by atoms with Gasteiger partial charge >= 0.3 is 0 Å². The highest BCUT2D eigenvalue weighted by molar-refractivity contribution is 5.41. The van der Waals surface area contributed by atoms with E-state index in [2.05, 4.69) is 38.6 Å². The lowest BCUT2D eigenvalue weighted by molar-refractivity contribution is 0.138. The minimum absolute atomic E-state index is 0.0284. The molecule has 0 atom stereocenters. The van der Waals surface area contributed by atoms with Gasteiger partial charge < -0.3 is 4.74 Å². The van der Waals surface area contributed by atoms with Crippen molar-refractivity contribution >= 4 is 0 Å². The highest BCUT2D eigenvalue weighted by atomic mass is 16.5. The van der Waals surface area contributed by atoms with Crippen LogP contribution in [0.1, 0.15) is 31.4 Å². The summed E-state index contributed by atoms with van der Waals surface area (Å²) in [4.78, 5) is 0. The van der Waals surface area contributed by atoms with Crippen LogP contribution in [0.2, 0.25) is 0 Å². The van der Waals surface area contributed by atoms with E-state index < -0.39 is 0 Å². The van der Waals surface area contributed by atoms with Gasteiger partial charge in [0.05, 0.1) is 0 Å². The molecule has 0 spiro atoms. The van der Waals surface area contributed by atoms with Gasteiger partial charge in [0.15, 0.2) is 0 Å². The van der Waals surface area contributed by atoms with E-state index in [-0.39, 0.29) is 5.60 Å². The van der Waals surface area contributed by atoms with E-state index in [9.17, 15) is 0 Å². The van der Waals surface area contributed by atoms with Crippen LogP contribution in [0.4, 0.5) is 0 Å². The molecule has 0 saturated heterocycles. The van der Waals surface area contributed by atoms with Crippen molar-refractivity contribution in [3.05, 3.63) is 42.0 Å². The highest BCUT2D eigenvalue weighted by Gasteiger charge is 2.29. The van der Waals surface area contributed by atoms with Crippen molar-refractivity contribution in [3.63, 3.8) is 0 Å². The molecule has 1 heterocycles. The van der Waals surface area contributed by atoms with Crippen LogP contribution in [-0.2, 0) is 12.8 Å². The van der Waals surface area contributed by atoms with Gasteiger partial charge in [0.1, 0.15) is 11.4 Å². The van der Waals surface area contributed by atoms with Crippen molar-refractivity contribution in [2.24, 2.45) is 0 Å². The average Bonchev–Trinajstić information content (AvgIpc) is 2.47. The summed E-state index contributed by atoms with van der Waals surface area (Å²) < 4.78 is 5.83. The summed E-state index contributed by atoms with van der Waals surface area (Å²) >= 11 is 0. The fourth-order valence-corrected chi connectivity index (χ4v) is 2.09. The van der Waals surface area contributed by atoms with E-state index in [4.69, 9.17) is 4.74 Å². The summed E-state index contributed by atoms with van der Waals surface area (Å²) in [5, 5.41) is 0. The lowest BCUT2D eigenvalue weighted by Gasteiger charge is -2.16. The van der Waals surface area contributed by atoms with Crippen LogP contribution in [0.5, 0.6) is 5.75 Å². The molecule has 0 fully saturated rings. The lowest BCUT2D eigenvalue weighted by atomic mass is 9.99. The van der Waals surface area contributed by atoms with Crippen LogP contribution in [0.15, 0.2) is 30.9 Å². The largest absolute Gasteiger partial charge is 0.487 e. The van der Waals surface area contributed by atoms with Crippen LogP contribution >= 0.6 is 0 Å². The third-order valence-corrected chi connectivity index (χ3v) is 2.76. The molecule has 0 unspecified atom stereocenters. The Morgan fingerprint density at radius 2 is 2.27 bits per heavy atom. The molecule has 0 aliphatic carbocycles. The summed E-state index contributed by atoms with van der Waals surface area (Å²) in [6.45, 7) is 8.02. The number of allylic oxidation sites excluding steroid dienone is 1. The van der Waals surface area contributed by atoms with E-state index in [1.165, 1.54) is 11.1 Å². The summed E-state index contributed by atoms with van der Waals surface area (Å²) in [6, 6.07) is 6.53. The Kier molecular flexibility index (Phi) is 2.56. The summed E-state index contributed by atoms with van der Waals surface area (Å²) in [7, 11) is 0. The minimum atomic E-state index is -0.0284. The Morgan fingerprint density at radius 1 is 1.47 bits per heavy atom. The summed E-state index contributed by atoms with van der Waals surface area (Å²) in [5.74, 6) is 1.06. The van der Waals surface area contributed by atoms with Crippen LogP contribution in [0.25, 0.3) is 0 Å². The number of fused-ring (bicyclic) bond motifs is 1. The molecule has 0 saturated carbocycles. The van der Waals surface area contributed by atoms with Crippen molar-refractivity contribution < 1.29 is 4.74 Å². The molecule has 0 aromatic heterocycles. The predicted molar refractivity (Wildman–Crippen MR) is 63.4 cm³/mol. The second kappa shape index (κ2) is 3.73. The smallest absolute Gasteiger partial charge is 0.123 e. The molecule has 2 rings (SSSR count). The molecule has 1 heteroatoms. The molecular weight excluding hydrogens is 184 g/mol. The number of aryl methyl sites for hydroxylation is 1. The second-order valence-corrected chi connectivity index (χ2v) is 4.81. The summed E-state index contributed by atoms with van der Waals surface area (Å²) in [5.41, 5.74) is 2.70. The molecule has 1 nitrogen and oxygen atoms in total. The SMILES string of the molecule is C=CCCc1ccc2c(c1)CC(C)(C)O2. The maximum absolute atomic E-state index is 5.83. The first-order valence-corrected chi connectivity index (χ1v) is 5.52. The van der Waals surface area contributed by atoms with Gasteiger partial charge in [-0.2, -0.15) is 0 Å². The quantitative estimate of drug-likeness (QED) is 0.681. The van der Waals surface area contributed by atoms with Crippen molar-refractivity contribution in [2.45, 2.75) is 38.7 Å². The molecule has 1 aliphatic rings. The Bertz CT molecular complexity index is 377. The third-order valence-electron chi connectivity index (χ3n) is 2.76. The predicted octanol–water partition coefficient (Wildman–Crippen LogP) is 3.52. The molecule has 1 aromatic rings. The van der Waals surface area contributed by atoms with Gasteiger partial charge in [-0.3, -0.25) is 0 Å². The van der Waals surface area contributed by atoms with Crippen molar-refractivity contribution in [1.82, 2.24) is 0 Å². The van der Waals surface area contributed by atoms with Gasteiger partial charge in [0.2, 0.25) is 0 Å². The van der Waals surface area contributed by atoms with Gasteiger partial charge in [-0.25, -0.2) is 0 Å². The molecule has 0 amide bonds. The van der Waals surface area contributed by atoms with E-state index >= 15 is 0 Å². The Labute approximate surface area is 91.8 Å². The number of ether oxygens (including phenoxy) is 1. The number of hydrogen-bond donors (Lipinski definition) is 0. The van der Waals surface area contributed by atoms with E-state index in [1.807, 2.05) is 6.08 Å². The minimum Gasteiger partial charge on any atom is -0.487 e. The molecule has 80 valence electrons. The fraction of sp³-hybridized carbons (Fsp3) is 0.429. The maximum Gasteiger partial charge on any atom is 0.123 e. The van der Waals surface area contributed by atoms with Gasteiger partial charge in [0, 0.05) is 6.42 Å². The standard InChI is InChI=1S/C14H18O/c1-4-5-6-11-7-8-13-12(9-11)10-14(2,3)15-13/h4,7-9H,1,5-6,10H2,2-3H3. The zero-order valence-electron chi connectivity index (χ0n) is 9.55. The third kappa shape index (κ3) is 2.23. The van der Waals surface area contributed by atoms with Gasteiger partial charge in [-0.15, -0.1) is 6.58 Å². The van der Waals surface area contributed by atoms with Crippen LogP contribution < -0.4 is 4.74 Å². The maximum atomic E-state index is 5.83. The van der Waals surface area contributed by atoms with Gasteiger partial charge in [0.25, 0.3) is 0 Å². The zero-order chi connectivity index (χ0) is 10.9. The molecule has 15 heavy (non-hydrogen) atoms. The molecule has 1 aliphatic heterocycles. The summed E-state index contributed by atoms with van der Waals surface area (Å²) in [6.07, 6.45) is 5.11. The highest BCUT2D eigenvalue weighted by Crippen LogP contribution is 2.35. The average molecular weight is 202 g/mol. The van der Waals surface area contributed by atoms with Crippen molar-refractivity contribution in [2.75, 3.05) is 0 Å². The molecule has 1 aromatic carbocycles. The van der Waals surface area contributed by atoms with Crippen LogP contribution in [0, 0.1) is 0 Å². The monoisotopic (exact) mass is 202 g/mol. The van der Waals surface area contributed by atoms with Gasteiger partial charge in [-0.1, -0.05) is 18.2 Å². The Morgan fingerprint density at radius 3 is 3.00 bits per heavy atom. The topological polar surface area (TPSA) is 9.23 Å². The van der Waals surface area contributed by atoms with Crippen molar-refractivity contribution in [1.29, 1.82) is 0 Å². The Balaban J connectivity index is 2.18. The number of hydrogen-bond acceptors (Lipinski definition) is 1. The van der Waals surface area contributed by atoms with Gasteiger partial charge in [-0.05, 0) is 43.9 Å². The first-order valence-electron chi connectivity index (χ1n) is 5.52. The van der Waals surface area contributed by atoms with E-state index in [0.29, 0.717) is 0 Å². The van der Waals surface area contributed by atoms with Crippen molar-refractivity contribution in [3.8, 4) is 5.75 Å². The molecule has 0 bridgehead atoms. The first-order chi connectivity index (χ1) is 7.11. The number of rotatable bonds is 3. The molecule has 0 radical (unpaired) electrons. The van der Waals surface area contributed by atoms with E-state index in [0.717, 1.165) is 25.0 Å². The lowest BCUT2D eigenvalue weighted by Crippen LogP contribution is -2.24. The van der Waals surface area contributed by atoms with Crippen LogP contribution in [-0.4, -0.2) is 5.60 Å². The molecular formula is C14H18O. The first kappa shape index (κ1) is 10.3. The second-order valence-electron chi connectivity index (χ2n) is 4.81. The fourth-order valence-electron chi connectivity index (χ4n) is 2.09. The molecule has 0 N–H and O–H groups in total. The van der Waals surface area contributed by atoms with E-state index in [1.54, 1.807) is 0 Å². The normalized spacial score (nSPS) is 16.9. The zero-order valence-corrected chi connectivity index (χ0v) is 9.55. The van der Waals surface area contributed by atoms with Crippen LogP contribution in [0.3, 0.4) is 0 Å². The number of benzene rings is 1. The Hall–Kier alpha value is -1.24.